The van der Waals surface area contributed by atoms with Crippen molar-refractivity contribution in [1.82, 2.24) is 5.32 Å². The Labute approximate surface area is 117 Å². The number of benzene rings is 1. The Balaban J connectivity index is 2.85. The number of nitro groups is 1. The van der Waals surface area contributed by atoms with E-state index in [4.69, 9.17) is 5.84 Å². The molecule has 0 aromatic heterocycles. The topological polar surface area (TPSA) is 110 Å². The maximum atomic E-state index is 12.1. The molecule has 4 N–H and O–H groups in total. The molecular formula is C13H20N4O3. The average molecular weight is 280 g/mol. The summed E-state index contributed by atoms with van der Waals surface area (Å²) in [6.45, 7) is 6.70. The third kappa shape index (κ3) is 4.51. The predicted molar refractivity (Wildman–Crippen MR) is 77.3 cm³/mol. The highest BCUT2D eigenvalue weighted by Gasteiger charge is 2.17. The number of carbonyl (C=O) groups is 1. The molecule has 110 valence electrons. The molecule has 7 heteroatoms. The van der Waals surface area contributed by atoms with Crippen molar-refractivity contribution in [2.75, 3.05) is 12.0 Å². The van der Waals surface area contributed by atoms with E-state index in [0.717, 1.165) is 6.42 Å². The molecule has 0 atom stereocenters. The standard InChI is InChI=1S/C13H20N4O3/c1-13(2,3)6-7-15-12(18)10-8-9(17(19)20)4-5-11(10)16-14/h4-5,8,16H,6-7,14H2,1-3H3,(H,15,18). The Bertz CT molecular complexity index is 509. The summed E-state index contributed by atoms with van der Waals surface area (Å²) in [4.78, 5) is 22.2. The van der Waals surface area contributed by atoms with Gasteiger partial charge in [-0.15, -0.1) is 0 Å². The second-order valence-corrected chi connectivity index (χ2v) is 5.70. The molecule has 1 amide bonds. The molecule has 0 heterocycles. The Morgan fingerprint density at radius 2 is 2.05 bits per heavy atom. The number of hydrogen-bond donors (Lipinski definition) is 3. The summed E-state index contributed by atoms with van der Waals surface area (Å²) in [6.07, 6.45) is 0.805. The van der Waals surface area contributed by atoms with Gasteiger partial charge >= 0.3 is 0 Å². The van der Waals surface area contributed by atoms with E-state index >= 15 is 0 Å². The van der Waals surface area contributed by atoms with Crippen LogP contribution in [0.2, 0.25) is 0 Å². The minimum atomic E-state index is -0.549. The summed E-state index contributed by atoms with van der Waals surface area (Å²) < 4.78 is 0. The molecule has 1 aromatic carbocycles. The number of nitrogen functional groups attached to an aromatic ring is 1. The zero-order valence-electron chi connectivity index (χ0n) is 11.9. The number of rotatable bonds is 5. The lowest BCUT2D eigenvalue weighted by Gasteiger charge is -2.18. The van der Waals surface area contributed by atoms with E-state index in [-0.39, 0.29) is 22.6 Å². The molecule has 1 rings (SSSR count). The number of nitrogens with zero attached hydrogens (tertiary/aromatic N) is 1. The fraction of sp³-hybridized carbons (Fsp3) is 0.462. The van der Waals surface area contributed by atoms with Crippen molar-refractivity contribution in [3.63, 3.8) is 0 Å². The normalized spacial score (nSPS) is 11.0. The van der Waals surface area contributed by atoms with Crippen LogP contribution in [0.1, 0.15) is 37.6 Å². The number of carbonyl (C=O) groups excluding carboxylic acids is 1. The summed E-state index contributed by atoms with van der Waals surface area (Å²) >= 11 is 0. The molecule has 0 saturated heterocycles. The molecule has 0 fully saturated rings. The molecule has 0 unspecified atom stereocenters. The number of hydrazine groups is 1. The van der Waals surface area contributed by atoms with Crippen LogP contribution in [0, 0.1) is 15.5 Å². The van der Waals surface area contributed by atoms with E-state index in [1.54, 1.807) is 0 Å². The van der Waals surface area contributed by atoms with Crippen LogP contribution in [0.5, 0.6) is 0 Å². The van der Waals surface area contributed by atoms with Gasteiger partial charge in [-0.2, -0.15) is 0 Å². The maximum Gasteiger partial charge on any atom is 0.270 e. The van der Waals surface area contributed by atoms with Crippen molar-refractivity contribution in [3.8, 4) is 0 Å². The highest BCUT2D eigenvalue weighted by molar-refractivity contribution is 6.00. The first-order valence-corrected chi connectivity index (χ1v) is 6.28. The lowest BCUT2D eigenvalue weighted by molar-refractivity contribution is -0.384. The SMILES string of the molecule is CC(C)(C)CCNC(=O)c1cc([N+](=O)[O-])ccc1NN. The molecule has 0 aliphatic heterocycles. The Kier molecular flexibility index (Phi) is 5.04. The summed E-state index contributed by atoms with van der Waals surface area (Å²) in [5.41, 5.74) is 2.83. The third-order valence-electron chi connectivity index (χ3n) is 2.77. The van der Waals surface area contributed by atoms with E-state index < -0.39 is 4.92 Å². The maximum absolute atomic E-state index is 12.1. The number of hydrogen-bond acceptors (Lipinski definition) is 5. The van der Waals surface area contributed by atoms with Gasteiger partial charge in [-0.25, -0.2) is 0 Å². The van der Waals surface area contributed by atoms with Crippen LogP contribution in [-0.2, 0) is 0 Å². The number of non-ortho nitro benzene ring substituents is 1. The lowest BCUT2D eigenvalue weighted by Crippen LogP contribution is -2.28. The average Bonchev–Trinajstić information content (AvgIpc) is 2.36. The molecular weight excluding hydrogens is 260 g/mol. The van der Waals surface area contributed by atoms with Crippen LogP contribution in [0.25, 0.3) is 0 Å². The second-order valence-electron chi connectivity index (χ2n) is 5.70. The van der Waals surface area contributed by atoms with Gasteiger partial charge in [0.25, 0.3) is 11.6 Å². The van der Waals surface area contributed by atoms with Crippen LogP contribution >= 0.6 is 0 Å². The van der Waals surface area contributed by atoms with Crippen molar-refractivity contribution in [2.24, 2.45) is 11.3 Å². The molecule has 0 bridgehead atoms. The third-order valence-corrected chi connectivity index (χ3v) is 2.77. The zero-order valence-corrected chi connectivity index (χ0v) is 11.9. The minimum absolute atomic E-state index is 0.102. The summed E-state index contributed by atoms with van der Waals surface area (Å²) in [5, 5.41) is 13.5. The van der Waals surface area contributed by atoms with Crippen LogP contribution in [-0.4, -0.2) is 17.4 Å². The van der Waals surface area contributed by atoms with Gasteiger partial charge in [0, 0.05) is 18.7 Å². The van der Waals surface area contributed by atoms with Crippen LogP contribution in [0.3, 0.4) is 0 Å². The molecule has 0 saturated carbocycles. The lowest BCUT2D eigenvalue weighted by atomic mass is 9.92. The molecule has 0 aliphatic rings. The first-order valence-electron chi connectivity index (χ1n) is 6.28. The first kappa shape index (κ1) is 15.9. The van der Waals surface area contributed by atoms with Crippen molar-refractivity contribution < 1.29 is 9.72 Å². The smallest absolute Gasteiger partial charge is 0.270 e. The number of amides is 1. The monoisotopic (exact) mass is 280 g/mol. The van der Waals surface area contributed by atoms with Gasteiger partial charge in [0.05, 0.1) is 16.2 Å². The molecule has 0 radical (unpaired) electrons. The van der Waals surface area contributed by atoms with Gasteiger partial charge in [0.2, 0.25) is 0 Å². The van der Waals surface area contributed by atoms with Crippen molar-refractivity contribution in [2.45, 2.75) is 27.2 Å². The predicted octanol–water partition coefficient (Wildman–Crippen LogP) is 2.05. The molecule has 0 aliphatic carbocycles. The van der Waals surface area contributed by atoms with Gasteiger partial charge < -0.3 is 10.7 Å². The van der Waals surface area contributed by atoms with Gasteiger partial charge in [-0.1, -0.05) is 20.8 Å². The van der Waals surface area contributed by atoms with Gasteiger partial charge in [-0.05, 0) is 17.9 Å². The highest BCUT2D eigenvalue weighted by Crippen LogP contribution is 2.22. The quantitative estimate of drug-likeness (QED) is 0.434. The van der Waals surface area contributed by atoms with E-state index in [2.05, 4.69) is 31.5 Å². The Morgan fingerprint density at radius 3 is 2.55 bits per heavy atom. The van der Waals surface area contributed by atoms with Crippen LogP contribution < -0.4 is 16.6 Å². The summed E-state index contributed by atoms with van der Waals surface area (Å²) in [5.74, 6) is 4.93. The van der Waals surface area contributed by atoms with Gasteiger partial charge in [-0.3, -0.25) is 20.8 Å². The molecule has 20 heavy (non-hydrogen) atoms. The van der Waals surface area contributed by atoms with E-state index in [9.17, 15) is 14.9 Å². The van der Waals surface area contributed by atoms with Gasteiger partial charge in [0.1, 0.15) is 0 Å². The van der Waals surface area contributed by atoms with Crippen molar-refractivity contribution >= 4 is 17.3 Å². The van der Waals surface area contributed by atoms with Gasteiger partial charge in [0.15, 0.2) is 0 Å². The fourth-order valence-corrected chi connectivity index (χ4v) is 1.61. The molecule has 7 nitrogen and oxygen atoms in total. The van der Waals surface area contributed by atoms with E-state index in [0.29, 0.717) is 12.2 Å². The van der Waals surface area contributed by atoms with E-state index in [1.807, 2.05) is 0 Å². The minimum Gasteiger partial charge on any atom is -0.352 e. The largest absolute Gasteiger partial charge is 0.352 e. The Hall–Kier alpha value is -2.15. The van der Waals surface area contributed by atoms with Crippen LogP contribution in [0.4, 0.5) is 11.4 Å². The number of nitrogens with two attached hydrogens (primary N) is 1. The number of nitrogens with one attached hydrogen (secondary N) is 2. The molecule has 1 aromatic rings. The van der Waals surface area contributed by atoms with Crippen LogP contribution in [0.15, 0.2) is 18.2 Å². The summed E-state index contributed by atoms with van der Waals surface area (Å²) in [7, 11) is 0. The van der Waals surface area contributed by atoms with E-state index in [1.165, 1.54) is 18.2 Å². The second kappa shape index (κ2) is 6.33. The zero-order chi connectivity index (χ0) is 15.3. The van der Waals surface area contributed by atoms with Crippen molar-refractivity contribution in [1.29, 1.82) is 0 Å². The highest BCUT2D eigenvalue weighted by atomic mass is 16.6. The summed E-state index contributed by atoms with van der Waals surface area (Å²) in [6, 6.07) is 3.92. The number of nitro benzene ring substituents is 1. The fourth-order valence-electron chi connectivity index (χ4n) is 1.61. The molecule has 0 spiro atoms. The Morgan fingerprint density at radius 1 is 1.40 bits per heavy atom. The first-order chi connectivity index (χ1) is 9.24. The number of anilines is 1. The van der Waals surface area contributed by atoms with Crippen molar-refractivity contribution in [3.05, 3.63) is 33.9 Å².